The van der Waals surface area contributed by atoms with E-state index in [0.717, 1.165) is 17.7 Å². The van der Waals surface area contributed by atoms with Crippen LogP contribution in [0.1, 0.15) is 47.7 Å². The third-order valence-corrected chi connectivity index (χ3v) is 4.09. The van der Waals surface area contributed by atoms with Crippen LogP contribution < -0.4 is 10.6 Å². The molecule has 2 aromatic carbocycles. The minimum atomic E-state index is -0.210. The van der Waals surface area contributed by atoms with Crippen LogP contribution in [0.3, 0.4) is 0 Å². The Morgan fingerprint density at radius 2 is 1.70 bits per heavy atom. The third kappa shape index (κ3) is 4.89. The van der Waals surface area contributed by atoms with Gasteiger partial charge in [-0.1, -0.05) is 43.7 Å². The molecule has 0 radical (unpaired) electrons. The zero-order valence-corrected chi connectivity index (χ0v) is 14.5. The van der Waals surface area contributed by atoms with Crippen molar-refractivity contribution in [3.8, 4) is 0 Å². The molecular formula is C19H22N2OS. The molecule has 0 aliphatic carbocycles. The molecule has 1 amide bonds. The van der Waals surface area contributed by atoms with Crippen molar-refractivity contribution in [2.75, 3.05) is 5.32 Å². The predicted octanol–water partition coefficient (Wildman–Crippen LogP) is 4.64. The van der Waals surface area contributed by atoms with Gasteiger partial charge in [-0.05, 0) is 61.3 Å². The number of nitrogens with one attached hydrogen (secondary N) is 2. The molecular weight excluding hydrogens is 304 g/mol. The van der Waals surface area contributed by atoms with Crippen LogP contribution in [0.4, 0.5) is 5.69 Å². The second-order valence-electron chi connectivity index (χ2n) is 5.71. The third-order valence-electron chi connectivity index (χ3n) is 3.89. The Morgan fingerprint density at radius 3 is 2.26 bits per heavy atom. The maximum atomic E-state index is 12.1. The second-order valence-corrected chi connectivity index (χ2v) is 6.11. The maximum Gasteiger partial charge on any atom is 0.257 e. The molecule has 2 aromatic rings. The Morgan fingerprint density at radius 1 is 1.09 bits per heavy atom. The fraction of sp³-hybridized carbons (Fsp3) is 0.263. The van der Waals surface area contributed by atoms with Gasteiger partial charge in [-0.25, -0.2) is 0 Å². The molecule has 4 heteroatoms. The van der Waals surface area contributed by atoms with Gasteiger partial charge in [0.05, 0.1) is 0 Å². The van der Waals surface area contributed by atoms with E-state index in [2.05, 4.69) is 36.6 Å². The van der Waals surface area contributed by atoms with Crippen molar-refractivity contribution in [2.24, 2.45) is 0 Å². The SMILES string of the molecule is CC[C@H](C)c1ccc(NC(=S)NC(=O)c2ccc(C)cc2)cc1. The summed E-state index contributed by atoms with van der Waals surface area (Å²) in [7, 11) is 0. The van der Waals surface area contributed by atoms with E-state index in [-0.39, 0.29) is 5.91 Å². The molecule has 3 nitrogen and oxygen atoms in total. The Balaban J connectivity index is 1.94. The average Bonchev–Trinajstić information content (AvgIpc) is 2.55. The first kappa shape index (κ1) is 17.2. The first-order valence-electron chi connectivity index (χ1n) is 7.78. The van der Waals surface area contributed by atoms with E-state index in [9.17, 15) is 4.79 Å². The summed E-state index contributed by atoms with van der Waals surface area (Å²) in [6, 6.07) is 15.5. The number of benzene rings is 2. The topological polar surface area (TPSA) is 41.1 Å². The molecule has 23 heavy (non-hydrogen) atoms. The van der Waals surface area contributed by atoms with E-state index in [1.807, 2.05) is 31.2 Å². The molecule has 0 aliphatic rings. The summed E-state index contributed by atoms with van der Waals surface area (Å²) >= 11 is 5.20. The van der Waals surface area contributed by atoms with Gasteiger partial charge in [0.25, 0.3) is 5.91 Å². The molecule has 0 saturated carbocycles. The number of thiocarbonyl (C=S) groups is 1. The van der Waals surface area contributed by atoms with E-state index >= 15 is 0 Å². The lowest BCUT2D eigenvalue weighted by Crippen LogP contribution is -2.34. The monoisotopic (exact) mass is 326 g/mol. The number of carbonyl (C=O) groups excluding carboxylic acids is 1. The van der Waals surface area contributed by atoms with E-state index in [1.54, 1.807) is 12.1 Å². The lowest BCUT2D eigenvalue weighted by Gasteiger charge is -2.12. The fourth-order valence-corrected chi connectivity index (χ4v) is 2.38. The summed E-state index contributed by atoms with van der Waals surface area (Å²) in [5, 5.41) is 6.03. The molecule has 2 N–H and O–H groups in total. The van der Waals surface area contributed by atoms with Gasteiger partial charge in [-0.2, -0.15) is 0 Å². The van der Waals surface area contributed by atoms with Gasteiger partial charge in [0, 0.05) is 11.3 Å². The minimum Gasteiger partial charge on any atom is -0.332 e. The molecule has 0 fully saturated rings. The first-order chi connectivity index (χ1) is 11.0. The average molecular weight is 326 g/mol. The molecule has 0 unspecified atom stereocenters. The standard InChI is InChI=1S/C19H22N2OS/c1-4-14(3)15-9-11-17(12-10-15)20-19(23)21-18(22)16-7-5-13(2)6-8-16/h5-12,14H,4H2,1-3H3,(H2,20,21,22,23)/t14-/m0/s1. The quantitative estimate of drug-likeness (QED) is 0.805. The smallest absolute Gasteiger partial charge is 0.257 e. The van der Waals surface area contributed by atoms with Crippen molar-refractivity contribution in [1.29, 1.82) is 0 Å². The van der Waals surface area contributed by atoms with Crippen LogP contribution in [-0.4, -0.2) is 11.0 Å². The second kappa shape index (κ2) is 7.88. The number of hydrogen-bond donors (Lipinski definition) is 2. The molecule has 0 bridgehead atoms. The molecule has 120 valence electrons. The molecule has 2 rings (SSSR count). The van der Waals surface area contributed by atoms with Crippen molar-refractivity contribution in [2.45, 2.75) is 33.1 Å². The van der Waals surface area contributed by atoms with E-state index in [4.69, 9.17) is 12.2 Å². The molecule has 0 saturated heterocycles. The molecule has 0 spiro atoms. The first-order valence-corrected chi connectivity index (χ1v) is 8.19. The van der Waals surface area contributed by atoms with Crippen LogP contribution in [0.5, 0.6) is 0 Å². The number of rotatable bonds is 4. The van der Waals surface area contributed by atoms with Crippen LogP contribution in [0, 0.1) is 6.92 Å². The van der Waals surface area contributed by atoms with Crippen molar-refractivity contribution < 1.29 is 4.79 Å². The minimum absolute atomic E-state index is 0.210. The molecule has 0 aliphatic heterocycles. The van der Waals surface area contributed by atoms with E-state index in [1.165, 1.54) is 5.56 Å². The Bertz CT molecular complexity index is 678. The van der Waals surface area contributed by atoms with Crippen molar-refractivity contribution in [1.82, 2.24) is 5.32 Å². The van der Waals surface area contributed by atoms with Gasteiger partial charge in [0.1, 0.15) is 0 Å². The van der Waals surface area contributed by atoms with Crippen LogP contribution in [0.15, 0.2) is 48.5 Å². The van der Waals surface area contributed by atoms with Gasteiger partial charge in [0.2, 0.25) is 0 Å². The van der Waals surface area contributed by atoms with Crippen LogP contribution >= 0.6 is 12.2 Å². The van der Waals surface area contributed by atoms with Crippen molar-refractivity contribution in [3.63, 3.8) is 0 Å². The number of aryl methyl sites for hydroxylation is 1. The summed E-state index contributed by atoms with van der Waals surface area (Å²) < 4.78 is 0. The number of anilines is 1. The van der Waals surface area contributed by atoms with Gasteiger partial charge in [-0.3, -0.25) is 10.1 Å². The summed E-state index contributed by atoms with van der Waals surface area (Å²) in [5.41, 5.74) is 3.87. The van der Waals surface area contributed by atoms with Crippen LogP contribution in [0.2, 0.25) is 0 Å². The zero-order chi connectivity index (χ0) is 16.8. The van der Waals surface area contributed by atoms with Gasteiger partial charge in [0.15, 0.2) is 5.11 Å². The van der Waals surface area contributed by atoms with Crippen molar-refractivity contribution in [3.05, 3.63) is 65.2 Å². The van der Waals surface area contributed by atoms with Gasteiger partial charge < -0.3 is 5.32 Å². The highest BCUT2D eigenvalue weighted by Gasteiger charge is 2.08. The fourth-order valence-electron chi connectivity index (χ4n) is 2.17. The lowest BCUT2D eigenvalue weighted by molar-refractivity contribution is 0.0977. The summed E-state index contributed by atoms with van der Waals surface area (Å²) in [6.07, 6.45) is 1.11. The Hall–Kier alpha value is -2.20. The van der Waals surface area contributed by atoms with Crippen LogP contribution in [0.25, 0.3) is 0 Å². The van der Waals surface area contributed by atoms with E-state index < -0.39 is 0 Å². The van der Waals surface area contributed by atoms with Crippen molar-refractivity contribution >= 4 is 28.9 Å². The highest BCUT2D eigenvalue weighted by atomic mass is 32.1. The maximum absolute atomic E-state index is 12.1. The molecule has 0 aromatic heterocycles. The summed E-state index contributed by atoms with van der Waals surface area (Å²) in [4.78, 5) is 12.1. The summed E-state index contributed by atoms with van der Waals surface area (Å²) in [5.74, 6) is 0.330. The van der Waals surface area contributed by atoms with Gasteiger partial charge >= 0.3 is 0 Å². The summed E-state index contributed by atoms with van der Waals surface area (Å²) in [6.45, 7) is 6.36. The Kier molecular flexibility index (Phi) is 5.88. The number of hydrogen-bond acceptors (Lipinski definition) is 2. The van der Waals surface area contributed by atoms with Crippen LogP contribution in [-0.2, 0) is 0 Å². The highest BCUT2D eigenvalue weighted by molar-refractivity contribution is 7.80. The lowest BCUT2D eigenvalue weighted by atomic mass is 9.99. The molecule has 1 atom stereocenters. The van der Waals surface area contributed by atoms with E-state index in [0.29, 0.717) is 16.6 Å². The Labute approximate surface area is 143 Å². The van der Waals surface area contributed by atoms with Gasteiger partial charge in [-0.15, -0.1) is 0 Å². The number of carbonyl (C=O) groups is 1. The normalized spacial score (nSPS) is 11.6. The largest absolute Gasteiger partial charge is 0.332 e. The highest BCUT2D eigenvalue weighted by Crippen LogP contribution is 2.20. The molecule has 0 heterocycles. The number of amides is 1. The predicted molar refractivity (Wildman–Crippen MR) is 100 cm³/mol. The zero-order valence-electron chi connectivity index (χ0n) is 13.7.